The molecule has 1 heterocycles. The van der Waals surface area contributed by atoms with Gasteiger partial charge in [0, 0.05) is 25.0 Å². The van der Waals surface area contributed by atoms with Crippen molar-refractivity contribution in [2.75, 3.05) is 19.8 Å². The van der Waals surface area contributed by atoms with Crippen LogP contribution in [0.4, 0.5) is 4.79 Å². The quantitative estimate of drug-likeness (QED) is 0.558. The van der Waals surface area contributed by atoms with Gasteiger partial charge in [-0.3, -0.25) is 4.90 Å². The second-order valence-corrected chi connectivity index (χ2v) is 8.90. The first kappa shape index (κ1) is 21.7. The zero-order valence-electron chi connectivity index (χ0n) is 18.7. The van der Waals surface area contributed by atoms with Crippen molar-refractivity contribution in [1.29, 1.82) is 0 Å². The number of nitrogens with zero attached hydrogens (tertiary/aromatic N) is 1. The second kappa shape index (κ2) is 9.77. The van der Waals surface area contributed by atoms with Crippen LogP contribution >= 0.6 is 0 Å². The van der Waals surface area contributed by atoms with E-state index in [-0.39, 0.29) is 18.6 Å². The minimum absolute atomic E-state index is 0.0565. The first-order valence-electron chi connectivity index (χ1n) is 11.7. The summed E-state index contributed by atoms with van der Waals surface area (Å²) in [5, 5.41) is 12.5. The minimum Gasteiger partial charge on any atom is -0.449 e. The molecule has 1 saturated heterocycles. The number of fused-ring (bicyclic) bond motifs is 3. The van der Waals surface area contributed by atoms with Crippen molar-refractivity contribution < 1.29 is 14.6 Å². The van der Waals surface area contributed by atoms with Crippen molar-refractivity contribution in [1.82, 2.24) is 10.2 Å². The molecule has 1 unspecified atom stereocenters. The maximum Gasteiger partial charge on any atom is 0.407 e. The molecule has 3 aromatic carbocycles. The molecule has 5 nitrogen and oxygen atoms in total. The predicted octanol–water partition coefficient (Wildman–Crippen LogP) is 4.68. The minimum atomic E-state index is -0.402. The van der Waals surface area contributed by atoms with Crippen LogP contribution in [0.5, 0.6) is 0 Å². The Hall–Kier alpha value is -3.15. The van der Waals surface area contributed by atoms with Gasteiger partial charge in [-0.1, -0.05) is 72.8 Å². The summed E-state index contributed by atoms with van der Waals surface area (Å²) in [4.78, 5) is 14.9. The van der Waals surface area contributed by atoms with Gasteiger partial charge < -0.3 is 15.2 Å². The molecule has 2 N–H and O–H groups in total. The summed E-state index contributed by atoms with van der Waals surface area (Å²) in [6.45, 7) is 2.71. The number of carbonyl (C=O) groups is 1. The van der Waals surface area contributed by atoms with Crippen LogP contribution in [0.2, 0.25) is 0 Å². The summed E-state index contributed by atoms with van der Waals surface area (Å²) in [6, 6.07) is 25.1. The van der Waals surface area contributed by atoms with Gasteiger partial charge >= 0.3 is 6.09 Å². The van der Waals surface area contributed by atoms with Crippen molar-refractivity contribution in [3.63, 3.8) is 0 Å². The molecule has 5 heteroatoms. The van der Waals surface area contributed by atoms with Gasteiger partial charge in [-0.05, 0) is 52.8 Å². The molecule has 3 aromatic rings. The van der Waals surface area contributed by atoms with Gasteiger partial charge in [0.15, 0.2) is 0 Å². The summed E-state index contributed by atoms with van der Waals surface area (Å²) in [6.07, 6.45) is 1.75. The van der Waals surface area contributed by atoms with Crippen LogP contribution in [-0.4, -0.2) is 41.9 Å². The highest BCUT2D eigenvalue weighted by Crippen LogP contribution is 2.44. The van der Waals surface area contributed by atoms with E-state index in [1.807, 2.05) is 42.5 Å². The topological polar surface area (TPSA) is 61.8 Å². The number of hydrogen-bond acceptors (Lipinski definition) is 4. The predicted molar refractivity (Wildman–Crippen MR) is 129 cm³/mol. The van der Waals surface area contributed by atoms with E-state index < -0.39 is 6.09 Å². The van der Waals surface area contributed by atoms with Gasteiger partial charge in [-0.15, -0.1) is 0 Å². The maximum atomic E-state index is 12.6. The molecule has 0 spiro atoms. The third kappa shape index (κ3) is 4.52. The van der Waals surface area contributed by atoms with Crippen LogP contribution in [0.3, 0.4) is 0 Å². The fraction of sp³-hybridized carbons (Fsp3) is 0.321. The highest BCUT2D eigenvalue weighted by Gasteiger charge is 2.29. The SMILES string of the molecule is O=C(NCc1ccccc1CN1CCCC1CO)OCC1c2ccccc2-c2ccccc21. The molecule has 1 fully saturated rings. The van der Waals surface area contributed by atoms with Gasteiger partial charge in [0.2, 0.25) is 0 Å². The number of nitrogens with one attached hydrogen (secondary N) is 1. The van der Waals surface area contributed by atoms with Gasteiger partial charge in [0.1, 0.15) is 6.61 Å². The molecule has 0 aromatic heterocycles. The first-order valence-corrected chi connectivity index (χ1v) is 11.7. The number of aliphatic hydroxyl groups is 1. The Morgan fingerprint density at radius 2 is 1.58 bits per heavy atom. The molecule has 0 bridgehead atoms. The Balaban J connectivity index is 1.20. The van der Waals surface area contributed by atoms with Crippen molar-refractivity contribution >= 4 is 6.09 Å². The fourth-order valence-electron chi connectivity index (χ4n) is 5.23. The number of carbonyl (C=O) groups excluding carboxylic acids is 1. The molecular formula is C28H30N2O3. The van der Waals surface area contributed by atoms with Crippen LogP contribution in [0.1, 0.15) is 41.0 Å². The third-order valence-corrected chi connectivity index (χ3v) is 6.97. The van der Waals surface area contributed by atoms with Crippen LogP contribution in [0.25, 0.3) is 11.1 Å². The van der Waals surface area contributed by atoms with Crippen LogP contribution < -0.4 is 5.32 Å². The second-order valence-electron chi connectivity index (χ2n) is 8.90. The normalized spacial score (nSPS) is 17.5. The number of alkyl carbamates (subject to hydrolysis) is 1. The lowest BCUT2D eigenvalue weighted by Crippen LogP contribution is -2.32. The molecule has 1 atom stereocenters. The maximum absolute atomic E-state index is 12.6. The van der Waals surface area contributed by atoms with Crippen molar-refractivity contribution in [2.45, 2.75) is 37.9 Å². The highest BCUT2D eigenvalue weighted by atomic mass is 16.5. The standard InChI is InChI=1S/C28H30N2O3/c31-18-22-10-7-15-30(22)17-21-9-2-1-8-20(21)16-29-28(32)33-19-27-25-13-5-3-11-23(25)24-12-4-6-14-26(24)27/h1-6,8-9,11-14,22,27,31H,7,10,15-19H2,(H,29,32). The van der Waals surface area contributed by atoms with E-state index in [0.717, 1.165) is 31.5 Å². The Morgan fingerprint density at radius 3 is 2.27 bits per heavy atom. The van der Waals surface area contributed by atoms with Crippen LogP contribution in [0, 0.1) is 0 Å². The summed E-state index contributed by atoms with van der Waals surface area (Å²) in [5.41, 5.74) is 7.12. The van der Waals surface area contributed by atoms with E-state index in [9.17, 15) is 9.90 Å². The molecule has 1 amide bonds. The van der Waals surface area contributed by atoms with E-state index in [4.69, 9.17) is 4.74 Å². The Labute approximate surface area is 195 Å². The smallest absolute Gasteiger partial charge is 0.407 e. The molecule has 1 aliphatic carbocycles. The van der Waals surface area contributed by atoms with E-state index in [1.54, 1.807) is 0 Å². The van der Waals surface area contributed by atoms with Gasteiger partial charge in [-0.25, -0.2) is 4.79 Å². The van der Waals surface area contributed by atoms with E-state index in [2.05, 4.69) is 40.5 Å². The number of rotatable bonds is 7. The average Bonchev–Trinajstić information content (AvgIpc) is 3.44. The first-order chi connectivity index (χ1) is 16.2. The van der Waals surface area contributed by atoms with Crippen molar-refractivity contribution in [3.8, 4) is 11.1 Å². The van der Waals surface area contributed by atoms with E-state index in [1.165, 1.54) is 27.8 Å². The average molecular weight is 443 g/mol. The summed E-state index contributed by atoms with van der Waals surface area (Å²) >= 11 is 0. The number of amides is 1. The largest absolute Gasteiger partial charge is 0.449 e. The number of ether oxygens (including phenoxy) is 1. The molecular weight excluding hydrogens is 412 g/mol. The molecule has 33 heavy (non-hydrogen) atoms. The lowest BCUT2D eigenvalue weighted by atomic mass is 9.98. The number of benzene rings is 3. The monoisotopic (exact) mass is 442 g/mol. The Morgan fingerprint density at radius 1 is 0.939 bits per heavy atom. The zero-order valence-corrected chi connectivity index (χ0v) is 18.7. The molecule has 5 rings (SSSR count). The van der Waals surface area contributed by atoms with Crippen LogP contribution in [0.15, 0.2) is 72.8 Å². The van der Waals surface area contributed by atoms with Crippen molar-refractivity contribution in [3.05, 3.63) is 95.1 Å². The number of likely N-dealkylation sites (tertiary alicyclic amines) is 1. The number of hydrogen-bond donors (Lipinski definition) is 2. The molecule has 1 aliphatic heterocycles. The Kier molecular flexibility index (Phi) is 6.42. The third-order valence-electron chi connectivity index (χ3n) is 6.97. The van der Waals surface area contributed by atoms with E-state index in [0.29, 0.717) is 13.2 Å². The molecule has 0 saturated carbocycles. The Bertz CT molecular complexity index is 1080. The highest BCUT2D eigenvalue weighted by molar-refractivity contribution is 5.79. The summed E-state index contributed by atoms with van der Waals surface area (Å²) in [7, 11) is 0. The molecule has 0 radical (unpaired) electrons. The number of aliphatic hydroxyl groups excluding tert-OH is 1. The van der Waals surface area contributed by atoms with E-state index >= 15 is 0 Å². The zero-order chi connectivity index (χ0) is 22.6. The summed E-state index contributed by atoms with van der Waals surface area (Å²) < 4.78 is 5.68. The summed E-state index contributed by atoms with van der Waals surface area (Å²) in [5.74, 6) is 0.0565. The van der Waals surface area contributed by atoms with Crippen molar-refractivity contribution in [2.24, 2.45) is 0 Å². The fourth-order valence-corrected chi connectivity index (χ4v) is 5.23. The van der Waals surface area contributed by atoms with Crippen LogP contribution in [-0.2, 0) is 17.8 Å². The lowest BCUT2D eigenvalue weighted by Gasteiger charge is -2.24. The van der Waals surface area contributed by atoms with Gasteiger partial charge in [0.25, 0.3) is 0 Å². The molecule has 170 valence electrons. The lowest BCUT2D eigenvalue weighted by molar-refractivity contribution is 0.142. The van der Waals surface area contributed by atoms with Gasteiger partial charge in [0.05, 0.1) is 6.61 Å². The molecule has 2 aliphatic rings. The van der Waals surface area contributed by atoms with Gasteiger partial charge in [-0.2, -0.15) is 0 Å².